The quantitative estimate of drug-likeness (QED) is 0.633. The lowest BCUT2D eigenvalue weighted by Gasteiger charge is -2.12. The van der Waals surface area contributed by atoms with Gasteiger partial charge in [-0.15, -0.1) is 0 Å². The number of nitrogens with one attached hydrogen (secondary N) is 1. The largest absolute Gasteiger partial charge is 0.349 e. The highest BCUT2D eigenvalue weighted by Gasteiger charge is 2.03. The summed E-state index contributed by atoms with van der Waals surface area (Å²) < 4.78 is 0. The summed E-state index contributed by atoms with van der Waals surface area (Å²) in [4.78, 5) is 12.8. The molecule has 3 heteroatoms. The van der Waals surface area contributed by atoms with Gasteiger partial charge in [0.25, 0.3) is 0 Å². The number of amides is 1. The highest BCUT2D eigenvalue weighted by molar-refractivity contribution is 5.75. The van der Waals surface area contributed by atoms with Crippen molar-refractivity contribution in [1.29, 1.82) is 0 Å². The monoisotopic (exact) mass is 186 g/mol. The van der Waals surface area contributed by atoms with Crippen LogP contribution in [-0.2, 0) is 4.79 Å². The lowest BCUT2D eigenvalue weighted by atomic mass is 10.2. The van der Waals surface area contributed by atoms with E-state index in [2.05, 4.69) is 19.2 Å². The van der Waals surface area contributed by atoms with Gasteiger partial charge in [0.15, 0.2) is 0 Å². The molecule has 1 amide bonds. The molecule has 0 fully saturated rings. The third-order valence-electron chi connectivity index (χ3n) is 2.17. The maximum Gasteiger partial charge on any atom is 0.222 e. The molecule has 1 unspecified atom stereocenters. The zero-order valence-corrected chi connectivity index (χ0v) is 9.26. The Hall–Kier alpha value is -0.570. The van der Waals surface area contributed by atoms with E-state index in [1.54, 1.807) is 19.0 Å². The predicted molar refractivity (Wildman–Crippen MR) is 55.7 cm³/mol. The lowest BCUT2D eigenvalue weighted by Crippen LogP contribution is -2.28. The van der Waals surface area contributed by atoms with Crippen LogP contribution < -0.4 is 5.32 Å². The number of rotatable bonds is 6. The Bertz CT molecular complexity index is 146. The van der Waals surface area contributed by atoms with Gasteiger partial charge in [0, 0.05) is 26.6 Å². The summed E-state index contributed by atoms with van der Waals surface area (Å²) in [5.41, 5.74) is 0. The fraction of sp³-hybridized carbons (Fsp3) is 0.900. The molecular weight excluding hydrogens is 164 g/mol. The van der Waals surface area contributed by atoms with Crippen molar-refractivity contribution in [1.82, 2.24) is 10.2 Å². The van der Waals surface area contributed by atoms with Gasteiger partial charge >= 0.3 is 0 Å². The van der Waals surface area contributed by atoms with Gasteiger partial charge in [-0.05, 0) is 26.3 Å². The van der Waals surface area contributed by atoms with Crippen LogP contribution in [0.25, 0.3) is 0 Å². The molecule has 3 nitrogen and oxygen atoms in total. The average molecular weight is 186 g/mol. The molecule has 0 aliphatic carbocycles. The van der Waals surface area contributed by atoms with Crippen LogP contribution in [0.2, 0.25) is 0 Å². The van der Waals surface area contributed by atoms with Crippen molar-refractivity contribution >= 4 is 5.91 Å². The first-order valence-electron chi connectivity index (χ1n) is 5.01. The van der Waals surface area contributed by atoms with Crippen LogP contribution in [0.3, 0.4) is 0 Å². The fourth-order valence-electron chi connectivity index (χ4n) is 0.956. The molecule has 1 atom stereocenters. The second-order valence-electron chi connectivity index (χ2n) is 3.66. The van der Waals surface area contributed by atoms with Gasteiger partial charge in [-0.2, -0.15) is 0 Å². The van der Waals surface area contributed by atoms with Crippen molar-refractivity contribution in [2.75, 3.05) is 20.6 Å². The van der Waals surface area contributed by atoms with Gasteiger partial charge in [0.2, 0.25) is 5.91 Å². The van der Waals surface area contributed by atoms with Crippen LogP contribution in [-0.4, -0.2) is 37.5 Å². The van der Waals surface area contributed by atoms with E-state index in [0.29, 0.717) is 12.5 Å². The molecule has 1 N–H and O–H groups in total. The maximum atomic E-state index is 11.2. The molecule has 0 aliphatic heterocycles. The fourth-order valence-corrected chi connectivity index (χ4v) is 0.956. The molecule has 0 aromatic carbocycles. The molecule has 0 aromatic rings. The number of nitrogens with zero attached hydrogens (tertiary/aromatic N) is 1. The molecule has 78 valence electrons. The van der Waals surface area contributed by atoms with Crippen LogP contribution in [0.5, 0.6) is 0 Å². The summed E-state index contributed by atoms with van der Waals surface area (Å²) in [7, 11) is 3.59. The summed E-state index contributed by atoms with van der Waals surface area (Å²) in [6.45, 7) is 5.25. The van der Waals surface area contributed by atoms with Gasteiger partial charge in [-0.1, -0.05) is 6.92 Å². The Morgan fingerprint density at radius 1 is 1.46 bits per heavy atom. The molecule has 0 saturated heterocycles. The Kier molecular flexibility index (Phi) is 6.59. The van der Waals surface area contributed by atoms with Gasteiger partial charge in [-0.3, -0.25) is 4.79 Å². The van der Waals surface area contributed by atoms with Gasteiger partial charge < -0.3 is 10.2 Å². The summed E-state index contributed by atoms with van der Waals surface area (Å²) in [6.07, 6.45) is 2.72. The minimum Gasteiger partial charge on any atom is -0.349 e. The summed E-state index contributed by atoms with van der Waals surface area (Å²) in [5.74, 6) is 0.214. The average Bonchev–Trinajstić information content (AvgIpc) is 2.11. The number of carbonyl (C=O) groups excluding carboxylic acids is 1. The van der Waals surface area contributed by atoms with E-state index >= 15 is 0 Å². The topological polar surface area (TPSA) is 32.3 Å². The second kappa shape index (κ2) is 6.89. The summed E-state index contributed by atoms with van der Waals surface area (Å²) in [5, 5.41) is 3.36. The Balaban J connectivity index is 3.31. The van der Waals surface area contributed by atoms with Crippen LogP contribution in [0.15, 0.2) is 0 Å². The number of hydrogen-bond donors (Lipinski definition) is 1. The molecule has 0 bridgehead atoms. The predicted octanol–water partition coefficient (Wildman–Crippen LogP) is 1.24. The molecule has 0 heterocycles. The first kappa shape index (κ1) is 12.4. The highest BCUT2D eigenvalue weighted by atomic mass is 16.2. The maximum absolute atomic E-state index is 11.2. The van der Waals surface area contributed by atoms with E-state index in [1.807, 2.05) is 0 Å². The number of carbonyl (C=O) groups is 1. The Morgan fingerprint density at radius 2 is 2.08 bits per heavy atom. The highest BCUT2D eigenvalue weighted by Crippen LogP contribution is 1.94. The molecule has 0 spiro atoms. The van der Waals surface area contributed by atoms with E-state index in [-0.39, 0.29) is 5.91 Å². The van der Waals surface area contributed by atoms with Gasteiger partial charge in [0.05, 0.1) is 0 Å². The zero-order valence-electron chi connectivity index (χ0n) is 9.26. The van der Waals surface area contributed by atoms with Crippen LogP contribution in [0.1, 0.15) is 33.1 Å². The molecule has 13 heavy (non-hydrogen) atoms. The normalized spacial score (nSPS) is 12.6. The molecule has 0 aliphatic rings. The minimum absolute atomic E-state index is 0.214. The van der Waals surface area contributed by atoms with E-state index in [1.165, 1.54) is 0 Å². The van der Waals surface area contributed by atoms with Gasteiger partial charge in [-0.25, -0.2) is 0 Å². The van der Waals surface area contributed by atoms with Crippen LogP contribution in [0.4, 0.5) is 0 Å². The van der Waals surface area contributed by atoms with Crippen molar-refractivity contribution in [3.8, 4) is 0 Å². The SMILES string of the molecule is CCC(C)NCCCC(=O)N(C)C. The first-order chi connectivity index (χ1) is 6.07. The molecular formula is C10H22N2O. The van der Waals surface area contributed by atoms with Gasteiger partial charge in [0.1, 0.15) is 0 Å². The smallest absolute Gasteiger partial charge is 0.222 e. The van der Waals surface area contributed by atoms with E-state index in [9.17, 15) is 4.79 Å². The van der Waals surface area contributed by atoms with Crippen LogP contribution >= 0.6 is 0 Å². The Labute approximate surface area is 81.5 Å². The third kappa shape index (κ3) is 6.58. The first-order valence-corrected chi connectivity index (χ1v) is 5.01. The number of hydrogen-bond acceptors (Lipinski definition) is 2. The lowest BCUT2D eigenvalue weighted by molar-refractivity contribution is -0.128. The van der Waals surface area contributed by atoms with Crippen molar-refractivity contribution in [2.24, 2.45) is 0 Å². The Morgan fingerprint density at radius 3 is 2.54 bits per heavy atom. The van der Waals surface area contributed by atoms with Crippen LogP contribution in [0, 0.1) is 0 Å². The third-order valence-corrected chi connectivity index (χ3v) is 2.17. The van der Waals surface area contributed by atoms with E-state index < -0.39 is 0 Å². The molecule has 0 radical (unpaired) electrons. The molecule has 0 saturated carbocycles. The summed E-state index contributed by atoms with van der Waals surface area (Å²) >= 11 is 0. The molecule has 0 rings (SSSR count). The molecule has 0 aromatic heterocycles. The van der Waals surface area contributed by atoms with Crippen molar-refractivity contribution in [2.45, 2.75) is 39.2 Å². The van der Waals surface area contributed by atoms with Crippen molar-refractivity contribution in [3.05, 3.63) is 0 Å². The standard InChI is InChI=1S/C10H22N2O/c1-5-9(2)11-8-6-7-10(13)12(3)4/h9,11H,5-8H2,1-4H3. The van der Waals surface area contributed by atoms with Crippen molar-refractivity contribution < 1.29 is 4.79 Å². The van der Waals surface area contributed by atoms with E-state index in [0.717, 1.165) is 19.4 Å². The van der Waals surface area contributed by atoms with Crippen molar-refractivity contribution in [3.63, 3.8) is 0 Å². The van der Waals surface area contributed by atoms with E-state index in [4.69, 9.17) is 0 Å². The minimum atomic E-state index is 0.214. The zero-order chi connectivity index (χ0) is 10.3. The summed E-state index contributed by atoms with van der Waals surface area (Å²) in [6, 6.07) is 0.564. The second-order valence-corrected chi connectivity index (χ2v) is 3.66.